The molecule has 0 aliphatic carbocycles. The lowest BCUT2D eigenvalue weighted by Crippen LogP contribution is -2.44. The van der Waals surface area contributed by atoms with E-state index in [0.29, 0.717) is 5.92 Å². The van der Waals surface area contributed by atoms with Gasteiger partial charge in [-0.2, -0.15) is 5.26 Å². The summed E-state index contributed by atoms with van der Waals surface area (Å²) in [5, 5.41) is 11.9. The highest BCUT2D eigenvalue weighted by Gasteiger charge is 2.21. The first-order chi connectivity index (χ1) is 7.30. The second kappa shape index (κ2) is 6.78. The Hall–Kier alpha value is -0.630. The molecular weight excluding hydrogens is 190 g/mol. The van der Waals surface area contributed by atoms with Gasteiger partial charge in [-0.25, -0.2) is 0 Å². The van der Waals surface area contributed by atoms with Gasteiger partial charge in [0.05, 0.1) is 12.7 Å². The Bertz CT molecular complexity index is 212. The Morgan fingerprint density at radius 3 is 3.07 bits per heavy atom. The average molecular weight is 211 g/mol. The molecule has 4 heteroatoms. The van der Waals surface area contributed by atoms with Gasteiger partial charge >= 0.3 is 0 Å². The molecule has 0 amide bonds. The number of ether oxygens (including phenoxy) is 1. The van der Waals surface area contributed by atoms with E-state index in [1.165, 1.54) is 12.8 Å². The number of rotatable bonds is 5. The molecule has 2 unspecified atom stereocenters. The minimum Gasteiger partial charge on any atom is -0.384 e. The van der Waals surface area contributed by atoms with Crippen LogP contribution in [0.25, 0.3) is 0 Å². The molecule has 1 aliphatic heterocycles. The highest BCUT2D eigenvalue weighted by atomic mass is 16.5. The van der Waals surface area contributed by atoms with Gasteiger partial charge < -0.3 is 15.0 Å². The molecule has 1 aliphatic rings. The third-order valence-electron chi connectivity index (χ3n) is 2.95. The highest BCUT2D eigenvalue weighted by molar-refractivity contribution is 4.92. The van der Waals surface area contributed by atoms with Crippen LogP contribution in [0.5, 0.6) is 0 Å². The van der Waals surface area contributed by atoms with E-state index in [2.05, 4.69) is 16.3 Å². The van der Waals surface area contributed by atoms with Crippen LogP contribution in [0.4, 0.5) is 0 Å². The Kier molecular flexibility index (Phi) is 5.62. The van der Waals surface area contributed by atoms with Gasteiger partial charge in [-0.15, -0.1) is 0 Å². The van der Waals surface area contributed by atoms with Gasteiger partial charge in [0.1, 0.15) is 6.04 Å². The van der Waals surface area contributed by atoms with Crippen molar-refractivity contribution in [3.05, 3.63) is 0 Å². The summed E-state index contributed by atoms with van der Waals surface area (Å²) < 4.78 is 5.18. The maximum absolute atomic E-state index is 8.86. The topological polar surface area (TPSA) is 48.3 Å². The third kappa shape index (κ3) is 4.17. The molecule has 1 rings (SSSR count). The third-order valence-corrected chi connectivity index (χ3v) is 2.95. The Morgan fingerprint density at radius 1 is 1.67 bits per heavy atom. The predicted octanol–water partition coefficient (Wildman–Crippen LogP) is 0.456. The van der Waals surface area contributed by atoms with E-state index < -0.39 is 0 Å². The summed E-state index contributed by atoms with van der Waals surface area (Å²) in [6.45, 7) is 3.84. The fraction of sp³-hybridized carbons (Fsp3) is 0.909. The van der Waals surface area contributed by atoms with Gasteiger partial charge in [0.15, 0.2) is 0 Å². The van der Waals surface area contributed by atoms with Crippen LogP contribution in [-0.4, -0.2) is 51.3 Å². The lowest BCUT2D eigenvalue weighted by atomic mass is 9.98. The number of hydrogen-bond donors (Lipinski definition) is 1. The van der Waals surface area contributed by atoms with E-state index in [1.807, 2.05) is 7.05 Å². The van der Waals surface area contributed by atoms with Crippen molar-refractivity contribution in [2.45, 2.75) is 18.9 Å². The zero-order chi connectivity index (χ0) is 11.1. The molecular formula is C11H21N3O. The minimum atomic E-state index is -0.0497. The first kappa shape index (κ1) is 12.4. The van der Waals surface area contributed by atoms with E-state index >= 15 is 0 Å². The van der Waals surface area contributed by atoms with E-state index in [4.69, 9.17) is 10.00 Å². The van der Waals surface area contributed by atoms with Crippen molar-refractivity contribution >= 4 is 0 Å². The lowest BCUT2D eigenvalue weighted by Gasteiger charge is -2.33. The smallest absolute Gasteiger partial charge is 0.108 e. The van der Waals surface area contributed by atoms with Gasteiger partial charge in [-0.3, -0.25) is 0 Å². The van der Waals surface area contributed by atoms with Crippen LogP contribution in [-0.2, 0) is 4.74 Å². The number of hydrogen-bond acceptors (Lipinski definition) is 4. The van der Waals surface area contributed by atoms with E-state index in [-0.39, 0.29) is 6.04 Å². The number of likely N-dealkylation sites (tertiary alicyclic amines) is 1. The Morgan fingerprint density at radius 2 is 2.47 bits per heavy atom. The van der Waals surface area contributed by atoms with Crippen LogP contribution < -0.4 is 5.32 Å². The normalized spacial score (nSPS) is 24.7. The van der Waals surface area contributed by atoms with Crippen molar-refractivity contribution in [3.8, 4) is 6.07 Å². The van der Waals surface area contributed by atoms with Gasteiger partial charge in [-0.05, 0) is 32.4 Å². The van der Waals surface area contributed by atoms with Gasteiger partial charge in [0, 0.05) is 20.2 Å². The van der Waals surface area contributed by atoms with Crippen molar-refractivity contribution in [2.75, 3.05) is 40.4 Å². The minimum absolute atomic E-state index is 0.0497. The molecule has 15 heavy (non-hydrogen) atoms. The zero-order valence-electron chi connectivity index (χ0n) is 9.70. The summed E-state index contributed by atoms with van der Waals surface area (Å²) >= 11 is 0. The maximum atomic E-state index is 8.86. The van der Waals surface area contributed by atoms with E-state index in [0.717, 1.165) is 26.2 Å². The van der Waals surface area contributed by atoms with E-state index in [1.54, 1.807) is 7.11 Å². The number of methoxy groups -OCH3 is 1. The fourth-order valence-electron chi connectivity index (χ4n) is 2.14. The largest absolute Gasteiger partial charge is 0.384 e. The second-order valence-corrected chi connectivity index (χ2v) is 4.19. The van der Waals surface area contributed by atoms with Crippen LogP contribution in [0.3, 0.4) is 0 Å². The SMILES string of the molecule is CNC(C#N)CN1CCCC(COC)C1. The quantitative estimate of drug-likeness (QED) is 0.717. The molecule has 1 heterocycles. The first-order valence-corrected chi connectivity index (χ1v) is 5.58. The van der Waals surface area contributed by atoms with Crippen LogP contribution in [0.1, 0.15) is 12.8 Å². The second-order valence-electron chi connectivity index (χ2n) is 4.19. The number of nitriles is 1. The summed E-state index contributed by atoms with van der Waals surface area (Å²) in [6, 6.07) is 2.21. The van der Waals surface area contributed by atoms with Crippen LogP contribution in [0.15, 0.2) is 0 Å². The maximum Gasteiger partial charge on any atom is 0.108 e. The standard InChI is InChI=1S/C11H21N3O/c1-13-11(6-12)8-14-5-3-4-10(7-14)9-15-2/h10-11,13H,3-5,7-9H2,1-2H3. The molecule has 0 aromatic carbocycles. The number of nitrogens with zero attached hydrogens (tertiary/aromatic N) is 2. The molecule has 0 spiro atoms. The van der Waals surface area contributed by atoms with Gasteiger partial charge in [0.25, 0.3) is 0 Å². The Balaban J connectivity index is 2.32. The molecule has 2 atom stereocenters. The molecule has 0 saturated carbocycles. The molecule has 4 nitrogen and oxygen atoms in total. The van der Waals surface area contributed by atoms with Crippen molar-refractivity contribution < 1.29 is 4.74 Å². The summed E-state index contributed by atoms with van der Waals surface area (Å²) in [5.74, 6) is 0.639. The molecule has 1 N–H and O–H groups in total. The molecule has 1 saturated heterocycles. The zero-order valence-corrected chi connectivity index (χ0v) is 9.70. The fourth-order valence-corrected chi connectivity index (χ4v) is 2.14. The average Bonchev–Trinajstić information content (AvgIpc) is 2.27. The molecule has 0 aromatic rings. The lowest BCUT2D eigenvalue weighted by molar-refractivity contribution is 0.0887. The Labute approximate surface area is 92.2 Å². The van der Waals surface area contributed by atoms with Crippen molar-refractivity contribution in [2.24, 2.45) is 5.92 Å². The molecule has 1 fully saturated rings. The van der Waals surface area contributed by atoms with Crippen molar-refractivity contribution in [1.29, 1.82) is 5.26 Å². The van der Waals surface area contributed by atoms with Crippen molar-refractivity contribution in [1.82, 2.24) is 10.2 Å². The molecule has 0 aromatic heterocycles. The monoisotopic (exact) mass is 211 g/mol. The molecule has 86 valence electrons. The summed E-state index contributed by atoms with van der Waals surface area (Å²) in [5.41, 5.74) is 0. The number of nitrogens with one attached hydrogen (secondary N) is 1. The summed E-state index contributed by atoms with van der Waals surface area (Å²) in [4.78, 5) is 2.36. The molecule has 0 radical (unpaired) electrons. The van der Waals surface area contributed by atoms with Crippen LogP contribution in [0, 0.1) is 17.2 Å². The van der Waals surface area contributed by atoms with Gasteiger partial charge in [-0.1, -0.05) is 0 Å². The molecule has 0 bridgehead atoms. The van der Waals surface area contributed by atoms with Crippen molar-refractivity contribution in [3.63, 3.8) is 0 Å². The van der Waals surface area contributed by atoms with E-state index in [9.17, 15) is 0 Å². The summed E-state index contributed by atoms with van der Waals surface area (Å²) in [7, 11) is 3.59. The summed E-state index contributed by atoms with van der Waals surface area (Å²) in [6.07, 6.45) is 2.47. The number of likely N-dealkylation sites (N-methyl/N-ethyl adjacent to an activating group) is 1. The van der Waals surface area contributed by atoms with Gasteiger partial charge in [0.2, 0.25) is 0 Å². The highest BCUT2D eigenvalue weighted by Crippen LogP contribution is 2.16. The first-order valence-electron chi connectivity index (χ1n) is 5.58. The number of piperidine rings is 1. The van der Waals surface area contributed by atoms with Crippen LogP contribution in [0.2, 0.25) is 0 Å². The van der Waals surface area contributed by atoms with Crippen LogP contribution >= 0.6 is 0 Å². The predicted molar refractivity (Wildman–Crippen MR) is 59.5 cm³/mol.